The van der Waals surface area contributed by atoms with Crippen LogP contribution in [0, 0.1) is 0 Å². The molecular formula is C27H27N7O. The van der Waals surface area contributed by atoms with Crippen molar-refractivity contribution < 1.29 is 4.74 Å². The number of hydrogen-bond acceptors (Lipinski definition) is 8. The molecule has 4 aromatic rings. The summed E-state index contributed by atoms with van der Waals surface area (Å²) in [6.07, 6.45) is 5.23. The van der Waals surface area contributed by atoms with Gasteiger partial charge in [-0.1, -0.05) is 12.1 Å². The van der Waals surface area contributed by atoms with Gasteiger partial charge in [0, 0.05) is 61.4 Å². The van der Waals surface area contributed by atoms with E-state index in [0.29, 0.717) is 17.3 Å². The molecule has 0 bridgehead atoms. The quantitative estimate of drug-likeness (QED) is 0.402. The van der Waals surface area contributed by atoms with Crippen molar-refractivity contribution in [2.24, 2.45) is 16.5 Å². The van der Waals surface area contributed by atoms with Crippen LogP contribution in [0.5, 0.6) is 5.75 Å². The molecular weight excluding hydrogens is 438 g/mol. The first-order valence-electron chi connectivity index (χ1n) is 11.4. The Hall–Kier alpha value is -4.30. The highest BCUT2D eigenvalue weighted by atomic mass is 16.5. The molecule has 0 aliphatic carbocycles. The second-order valence-corrected chi connectivity index (χ2v) is 8.41. The van der Waals surface area contributed by atoms with E-state index in [1.807, 2.05) is 60.7 Å². The highest BCUT2D eigenvalue weighted by molar-refractivity contribution is 6.18. The molecule has 1 saturated heterocycles. The Kier molecular flexibility index (Phi) is 6.36. The minimum absolute atomic E-state index is 0.186. The molecule has 1 aliphatic heterocycles. The lowest BCUT2D eigenvalue weighted by molar-refractivity contribution is 0.296. The molecule has 2 aromatic heterocycles. The van der Waals surface area contributed by atoms with Gasteiger partial charge < -0.3 is 21.1 Å². The predicted molar refractivity (Wildman–Crippen MR) is 140 cm³/mol. The van der Waals surface area contributed by atoms with Crippen LogP contribution in [0.2, 0.25) is 0 Å². The Labute approximate surface area is 204 Å². The summed E-state index contributed by atoms with van der Waals surface area (Å²) >= 11 is 0. The van der Waals surface area contributed by atoms with Gasteiger partial charge in [-0.25, -0.2) is 9.97 Å². The number of nitrogens with zero attached hydrogens (tertiary/aromatic N) is 5. The molecule has 0 saturated carbocycles. The van der Waals surface area contributed by atoms with Gasteiger partial charge in [0.15, 0.2) is 5.82 Å². The summed E-state index contributed by atoms with van der Waals surface area (Å²) in [4.78, 5) is 19.9. The van der Waals surface area contributed by atoms with E-state index in [4.69, 9.17) is 26.2 Å². The fourth-order valence-electron chi connectivity index (χ4n) is 4.09. The molecule has 8 nitrogen and oxygen atoms in total. The molecule has 0 radical (unpaired) electrons. The Morgan fingerprint density at radius 3 is 2.49 bits per heavy atom. The summed E-state index contributed by atoms with van der Waals surface area (Å²) in [7, 11) is 1.72. The molecule has 1 fully saturated rings. The molecule has 0 atom stereocenters. The molecule has 2 aromatic carbocycles. The van der Waals surface area contributed by atoms with Gasteiger partial charge in [-0.2, -0.15) is 0 Å². The van der Waals surface area contributed by atoms with Crippen molar-refractivity contribution in [1.82, 2.24) is 15.0 Å². The lowest BCUT2D eigenvalue weighted by atomic mass is 10.0. The van der Waals surface area contributed by atoms with E-state index in [0.717, 1.165) is 46.5 Å². The first kappa shape index (κ1) is 22.5. The number of hydrogen-bond donors (Lipinski definition) is 2. The molecule has 1 aliphatic rings. The van der Waals surface area contributed by atoms with Crippen molar-refractivity contribution in [3.05, 3.63) is 90.0 Å². The largest absolute Gasteiger partial charge is 0.486 e. The van der Waals surface area contributed by atoms with Crippen LogP contribution >= 0.6 is 0 Å². The van der Waals surface area contributed by atoms with E-state index in [9.17, 15) is 0 Å². The number of anilines is 1. The number of benzene rings is 2. The summed E-state index contributed by atoms with van der Waals surface area (Å²) in [5, 5.41) is 1.02. The Morgan fingerprint density at radius 2 is 1.77 bits per heavy atom. The van der Waals surface area contributed by atoms with Gasteiger partial charge in [0.2, 0.25) is 0 Å². The third-order valence-corrected chi connectivity index (χ3v) is 5.91. The first-order chi connectivity index (χ1) is 17.1. The fraction of sp³-hybridized carbons (Fsp3) is 0.185. The van der Waals surface area contributed by atoms with Crippen molar-refractivity contribution in [3.63, 3.8) is 0 Å². The second-order valence-electron chi connectivity index (χ2n) is 8.41. The number of pyridine rings is 1. The van der Waals surface area contributed by atoms with Crippen LogP contribution in [-0.4, -0.2) is 47.3 Å². The maximum Gasteiger partial charge on any atom is 0.168 e. The zero-order valence-corrected chi connectivity index (χ0v) is 19.5. The number of fused-ring (bicyclic) bond motifs is 1. The summed E-state index contributed by atoms with van der Waals surface area (Å²) in [5.41, 5.74) is 16.7. The lowest BCUT2D eigenvalue weighted by Crippen LogP contribution is -2.56. The van der Waals surface area contributed by atoms with Crippen LogP contribution in [0.25, 0.3) is 22.2 Å². The van der Waals surface area contributed by atoms with E-state index < -0.39 is 0 Å². The average Bonchev–Trinajstić information content (AvgIpc) is 2.89. The fourth-order valence-corrected chi connectivity index (χ4v) is 4.09. The molecule has 0 spiro atoms. The Morgan fingerprint density at radius 1 is 1.03 bits per heavy atom. The molecule has 5 rings (SSSR count). The number of aromatic nitrogens is 3. The molecule has 35 heavy (non-hydrogen) atoms. The lowest BCUT2D eigenvalue weighted by Gasteiger charge is -2.38. The standard InChI is InChI=1S/C27H27N7O/c1-30-14-23(18-10-12-31-13-11-18)26(29)19-6-8-21(9-7-19)35-17-25-32-24-5-3-2-4-22(24)27(33-25)34-15-20(28)16-34/h2-14,20H,15-17,28-29H2,1H3/b26-23+,30-14?. The van der Waals surface area contributed by atoms with E-state index in [1.54, 1.807) is 25.7 Å². The van der Waals surface area contributed by atoms with Gasteiger partial charge in [0.25, 0.3) is 0 Å². The maximum absolute atomic E-state index is 6.49. The summed E-state index contributed by atoms with van der Waals surface area (Å²) in [5.74, 6) is 2.24. The zero-order valence-electron chi connectivity index (χ0n) is 19.5. The van der Waals surface area contributed by atoms with Crippen LogP contribution in [-0.2, 0) is 6.61 Å². The molecule has 0 amide bonds. The topological polar surface area (TPSA) is 116 Å². The van der Waals surface area contributed by atoms with Crippen molar-refractivity contribution in [3.8, 4) is 5.75 Å². The molecule has 8 heteroatoms. The zero-order chi connectivity index (χ0) is 24.2. The highest BCUT2D eigenvalue weighted by Crippen LogP contribution is 2.28. The second kappa shape index (κ2) is 9.90. The van der Waals surface area contributed by atoms with Crippen molar-refractivity contribution >= 4 is 34.2 Å². The van der Waals surface area contributed by atoms with Crippen LogP contribution in [0.1, 0.15) is 17.0 Å². The van der Waals surface area contributed by atoms with Gasteiger partial charge in [0.05, 0.1) is 5.52 Å². The normalized spacial score (nSPS) is 14.7. The number of para-hydroxylation sites is 1. The van der Waals surface area contributed by atoms with Crippen molar-refractivity contribution in [1.29, 1.82) is 0 Å². The number of ether oxygens (including phenoxy) is 1. The maximum atomic E-state index is 6.49. The van der Waals surface area contributed by atoms with Gasteiger partial charge in [-0.15, -0.1) is 0 Å². The number of aliphatic imine (C=N–C) groups is 1. The average molecular weight is 466 g/mol. The Bertz CT molecular complexity index is 1380. The van der Waals surface area contributed by atoms with Gasteiger partial charge in [-0.05, 0) is 59.7 Å². The van der Waals surface area contributed by atoms with Crippen LogP contribution in [0.15, 0.2) is 78.0 Å². The van der Waals surface area contributed by atoms with Crippen molar-refractivity contribution in [2.75, 3.05) is 25.0 Å². The summed E-state index contributed by atoms with van der Waals surface area (Å²) in [6.45, 7) is 1.84. The highest BCUT2D eigenvalue weighted by Gasteiger charge is 2.26. The number of allylic oxidation sites excluding steroid dienone is 1. The van der Waals surface area contributed by atoms with E-state index in [-0.39, 0.29) is 12.6 Å². The summed E-state index contributed by atoms with van der Waals surface area (Å²) in [6, 6.07) is 19.7. The molecule has 3 heterocycles. The molecule has 4 N–H and O–H groups in total. The third kappa shape index (κ3) is 4.83. The van der Waals surface area contributed by atoms with Crippen molar-refractivity contribution in [2.45, 2.75) is 12.6 Å². The molecule has 0 unspecified atom stereocenters. The third-order valence-electron chi connectivity index (χ3n) is 5.91. The molecule has 176 valence electrons. The van der Waals surface area contributed by atoms with Crippen LogP contribution < -0.4 is 21.1 Å². The minimum Gasteiger partial charge on any atom is -0.486 e. The smallest absolute Gasteiger partial charge is 0.168 e. The summed E-state index contributed by atoms with van der Waals surface area (Å²) < 4.78 is 6.02. The minimum atomic E-state index is 0.186. The van der Waals surface area contributed by atoms with E-state index in [2.05, 4.69) is 14.9 Å². The Balaban J connectivity index is 1.35. The number of rotatable bonds is 7. The van der Waals surface area contributed by atoms with E-state index >= 15 is 0 Å². The number of nitrogens with two attached hydrogens (primary N) is 2. The van der Waals surface area contributed by atoms with Crippen LogP contribution in [0.3, 0.4) is 0 Å². The van der Waals surface area contributed by atoms with E-state index in [1.165, 1.54) is 0 Å². The SMILES string of the molecule is CN=C/C(=C(\N)c1ccc(OCc2nc(N3CC(N)C3)c3ccccc3n2)cc1)c1ccncc1. The van der Waals surface area contributed by atoms with Gasteiger partial charge in [-0.3, -0.25) is 9.98 Å². The van der Waals surface area contributed by atoms with Gasteiger partial charge in [0.1, 0.15) is 18.2 Å². The monoisotopic (exact) mass is 465 g/mol. The predicted octanol–water partition coefficient (Wildman–Crippen LogP) is 3.28. The van der Waals surface area contributed by atoms with Crippen LogP contribution in [0.4, 0.5) is 5.82 Å². The van der Waals surface area contributed by atoms with Gasteiger partial charge >= 0.3 is 0 Å². The first-order valence-corrected chi connectivity index (χ1v) is 11.4.